The maximum absolute atomic E-state index is 9.62. The maximum Gasteiger partial charge on any atom is 0.0499 e. The van der Waals surface area contributed by atoms with Crippen LogP contribution in [0.2, 0.25) is 0 Å². The van der Waals surface area contributed by atoms with Crippen molar-refractivity contribution in [2.75, 3.05) is 26.2 Å². The van der Waals surface area contributed by atoms with E-state index in [1.807, 2.05) is 0 Å². The molecule has 1 aliphatic carbocycles. The zero-order valence-corrected chi connectivity index (χ0v) is 10.3. The van der Waals surface area contributed by atoms with Gasteiger partial charge in [0.2, 0.25) is 0 Å². The third kappa shape index (κ3) is 3.19. The molecule has 1 aliphatic heterocycles. The van der Waals surface area contributed by atoms with Crippen LogP contribution in [0, 0.1) is 5.41 Å². The Morgan fingerprint density at radius 1 is 1.12 bits per heavy atom. The molecule has 1 saturated heterocycles. The number of hydrogen-bond donors (Lipinski definition) is 3. The first-order valence-electron chi connectivity index (χ1n) is 6.90. The van der Waals surface area contributed by atoms with Gasteiger partial charge in [-0.05, 0) is 38.8 Å². The molecule has 3 heteroatoms. The Morgan fingerprint density at radius 3 is 2.44 bits per heavy atom. The summed E-state index contributed by atoms with van der Waals surface area (Å²) in [6.45, 7) is 3.67. The van der Waals surface area contributed by atoms with Gasteiger partial charge in [-0.15, -0.1) is 0 Å². The largest absolute Gasteiger partial charge is 0.396 e. The average molecular weight is 226 g/mol. The van der Waals surface area contributed by atoms with Crippen LogP contribution in [0.25, 0.3) is 0 Å². The summed E-state index contributed by atoms with van der Waals surface area (Å²) in [6.07, 6.45) is 8.85. The lowest BCUT2D eigenvalue weighted by Crippen LogP contribution is -2.46. The second-order valence-electron chi connectivity index (χ2n) is 5.62. The van der Waals surface area contributed by atoms with E-state index in [9.17, 15) is 5.11 Å². The summed E-state index contributed by atoms with van der Waals surface area (Å²) >= 11 is 0. The van der Waals surface area contributed by atoms with Gasteiger partial charge in [0.05, 0.1) is 0 Å². The Kier molecular flexibility index (Phi) is 4.62. The zero-order chi connectivity index (χ0) is 11.3. The van der Waals surface area contributed by atoms with Gasteiger partial charge < -0.3 is 15.7 Å². The highest BCUT2D eigenvalue weighted by molar-refractivity contribution is 4.86. The van der Waals surface area contributed by atoms with Gasteiger partial charge in [-0.3, -0.25) is 0 Å². The molecule has 2 aliphatic rings. The molecule has 0 amide bonds. The predicted octanol–water partition coefficient (Wildman–Crippen LogP) is 1.27. The van der Waals surface area contributed by atoms with Crippen molar-refractivity contribution in [3.05, 3.63) is 0 Å². The number of rotatable bonds is 4. The van der Waals surface area contributed by atoms with E-state index < -0.39 is 0 Å². The van der Waals surface area contributed by atoms with Crippen molar-refractivity contribution in [3.63, 3.8) is 0 Å². The lowest BCUT2D eigenvalue weighted by Gasteiger charge is -2.37. The zero-order valence-electron chi connectivity index (χ0n) is 10.3. The van der Waals surface area contributed by atoms with E-state index in [0.29, 0.717) is 12.6 Å². The fourth-order valence-corrected chi connectivity index (χ4v) is 3.08. The molecule has 94 valence electrons. The standard InChI is InChI=1S/C13H26N2O/c16-11-13(6-2-1-3-7-13)10-15-12-4-8-14-9-5-12/h12,14-16H,1-11H2. The van der Waals surface area contributed by atoms with E-state index in [4.69, 9.17) is 0 Å². The second kappa shape index (κ2) is 5.99. The van der Waals surface area contributed by atoms with Crippen LogP contribution in [0.4, 0.5) is 0 Å². The molecule has 3 N–H and O–H groups in total. The quantitative estimate of drug-likeness (QED) is 0.676. The fourth-order valence-electron chi connectivity index (χ4n) is 3.08. The third-order valence-electron chi connectivity index (χ3n) is 4.35. The summed E-state index contributed by atoms with van der Waals surface area (Å²) in [6, 6.07) is 0.673. The van der Waals surface area contributed by atoms with Crippen LogP contribution in [0.5, 0.6) is 0 Å². The van der Waals surface area contributed by atoms with Crippen molar-refractivity contribution in [1.82, 2.24) is 10.6 Å². The minimum atomic E-state index is 0.198. The van der Waals surface area contributed by atoms with E-state index >= 15 is 0 Å². The molecule has 0 aromatic carbocycles. The topological polar surface area (TPSA) is 44.3 Å². The first-order chi connectivity index (χ1) is 7.85. The van der Waals surface area contributed by atoms with Crippen LogP contribution in [0.3, 0.4) is 0 Å². The summed E-state index contributed by atoms with van der Waals surface area (Å²) in [5, 5.41) is 16.7. The Balaban J connectivity index is 1.77. The molecule has 1 heterocycles. The van der Waals surface area contributed by atoms with Crippen LogP contribution in [-0.2, 0) is 0 Å². The molecule has 0 unspecified atom stereocenters. The number of aliphatic hydroxyl groups is 1. The minimum Gasteiger partial charge on any atom is -0.396 e. The number of nitrogens with one attached hydrogen (secondary N) is 2. The van der Waals surface area contributed by atoms with E-state index in [-0.39, 0.29) is 5.41 Å². The number of aliphatic hydroxyl groups excluding tert-OH is 1. The minimum absolute atomic E-state index is 0.198. The van der Waals surface area contributed by atoms with Crippen LogP contribution in [-0.4, -0.2) is 37.4 Å². The average Bonchev–Trinajstić information content (AvgIpc) is 2.39. The summed E-state index contributed by atoms with van der Waals surface area (Å²) in [7, 11) is 0. The first kappa shape index (κ1) is 12.3. The van der Waals surface area contributed by atoms with Crippen molar-refractivity contribution in [3.8, 4) is 0 Å². The van der Waals surface area contributed by atoms with Crippen molar-refractivity contribution < 1.29 is 5.11 Å². The molecule has 0 atom stereocenters. The first-order valence-corrected chi connectivity index (χ1v) is 6.90. The summed E-state index contributed by atoms with van der Waals surface area (Å²) in [4.78, 5) is 0. The maximum atomic E-state index is 9.62. The summed E-state index contributed by atoms with van der Waals surface area (Å²) in [5.74, 6) is 0. The molecule has 0 radical (unpaired) electrons. The lowest BCUT2D eigenvalue weighted by atomic mass is 9.74. The molecule has 0 spiro atoms. The summed E-state index contributed by atoms with van der Waals surface area (Å²) in [5.41, 5.74) is 0.198. The smallest absolute Gasteiger partial charge is 0.0499 e. The van der Waals surface area contributed by atoms with Crippen molar-refractivity contribution >= 4 is 0 Å². The Bertz CT molecular complexity index is 196. The molecule has 0 aromatic rings. The SMILES string of the molecule is OCC1(CNC2CCNCC2)CCCCC1. The molecule has 1 saturated carbocycles. The van der Waals surface area contributed by atoms with Gasteiger partial charge in [-0.2, -0.15) is 0 Å². The van der Waals surface area contributed by atoms with E-state index in [1.54, 1.807) is 0 Å². The van der Waals surface area contributed by atoms with Gasteiger partial charge in [0.25, 0.3) is 0 Å². The monoisotopic (exact) mass is 226 g/mol. The Morgan fingerprint density at radius 2 is 1.81 bits per heavy atom. The van der Waals surface area contributed by atoms with Crippen LogP contribution >= 0.6 is 0 Å². The Labute approximate surface area is 99.0 Å². The van der Waals surface area contributed by atoms with Crippen molar-refractivity contribution in [2.24, 2.45) is 5.41 Å². The predicted molar refractivity (Wildman–Crippen MR) is 66.5 cm³/mol. The van der Waals surface area contributed by atoms with Gasteiger partial charge in [0.15, 0.2) is 0 Å². The van der Waals surface area contributed by atoms with E-state index in [0.717, 1.165) is 19.6 Å². The third-order valence-corrected chi connectivity index (χ3v) is 4.35. The van der Waals surface area contributed by atoms with Gasteiger partial charge in [0.1, 0.15) is 0 Å². The molecule has 2 fully saturated rings. The van der Waals surface area contributed by atoms with Crippen LogP contribution < -0.4 is 10.6 Å². The second-order valence-corrected chi connectivity index (χ2v) is 5.62. The fraction of sp³-hybridized carbons (Fsp3) is 1.00. The van der Waals surface area contributed by atoms with Gasteiger partial charge in [-0.25, -0.2) is 0 Å². The highest BCUT2D eigenvalue weighted by Gasteiger charge is 2.31. The number of piperidine rings is 1. The molecule has 0 bridgehead atoms. The molecule has 2 rings (SSSR count). The van der Waals surface area contributed by atoms with Gasteiger partial charge in [0, 0.05) is 24.6 Å². The van der Waals surface area contributed by atoms with E-state index in [2.05, 4.69) is 10.6 Å². The van der Waals surface area contributed by atoms with E-state index in [1.165, 1.54) is 44.9 Å². The van der Waals surface area contributed by atoms with Crippen molar-refractivity contribution in [1.29, 1.82) is 0 Å². The van der Waals surface area contributed by atoms with Crippen molar-refractivity contribution in [2.45, 2.75) is 51.0 Å². The van der Waals surface area contributed by atoms with Gasteiger partial charge >= 0.3 is 0 Å². The lowest BCUT2D eigenvalue weighted by molar-refractivity contribution is 0.0769. The molecular weight excluding hydrogens is 200 g/mol. The molecule has 16 heavy (non-hydrogen) atoms. The number of hydrogen-bond acceptors (Lipinski definition) is 3. The highest BCUT2D eigenvalue weighted by atomic mass is 16.3. The molecule has 0 aromatic heterocycles. The normalized spacial score (nSPS) is 26.8. The molecule has 3 nitrogen and oxygen atoms in total. The highest BCUT2D eigenvalue weighted by Crippen LogP contribution is 2.35. The summed E-state index contributed by atoms with van der Waals surface area (Å²) < 4.78 is 0. The van der Waals surface area contributed by atoms with Crippen LogP contribution in [0.1, 0.15) is 44.9 Å². The Hall–Kier alpha value is -0.120. The van der Waals surface area contributed by atoms with Gasteiger partial charge in [-0.1, -0.05) is 19.3 Å². The van der Waals surface area contributed by atoms with Crippen LogP contribution in [0.15, 0.2) is 0 Å². The molecular formula is C13H26N2O.